The maximum absolute atomic E-state index is 5.76. The van der Waals surface area contributed by atoms with Gasteiger partial charge in [-0.1, -0.05) is 30.0 Å². The van der Waals surface area contributed by atoms with Crippen molar-refractivity contribution in [3.05, 3.63) is 36.7 Å². The first-order valence-corrected chi connectivity index (χ1v) is 7.29. The van der Waals surface area contributed by atoms with Crippen molar-refractivity contribution < 1.29 is 4.74 Å². The van der Waals surface area contributed by atoms with Crippen molar-refractivity contribution in [2.24, 2.45) is 0 Å². The van der Waals surface area contributed by atoms with E-state index in [1.807, 2.05) is 36.6 Å². The molecule has 3 rings (SSSR count). The standard InChI is InChI=1S/C12H9N3OS2/c1-17-12-15-10-9(18-12)11(14-7-13-10)16-8-5-3-2-4-6-8/h2-7H,1H3. The lowest BCUT2D eigenvalue weighted by Gasteiger charge is -2.03. The Kier molecular flexibility index (Phi) is 3.12. The molecule has 0 saturated carbocycles. The summed E-state index contributed by atoms with van der Waals surface area (Å²) in [6, 6.07) is 9.58. The van der Waals surface area contributed by atoms with Crippen molar-refractivity contribution in [1.82, 2.24) is 15.0 Å². The van der Waals surface area contributed by atoms with Crippen LogP contribution in [0.3, 0.4) is 0 Å². The molecule has 2 heterocycles. The highest BCUT2D eigenvalue weighted by molar-refractivity contribution is 8.00. The second-order valence-corrected chi connectivity index (χ2v) is 5.48. The van der Waals surface area contributed by atoms with E-state index < -0.39 is 0 Å². The van der Waals surface area contributed by atoms with Crippen LogP contribution in [0, 0.1) is 0 Å². The summed E-state index contributed by atoms with van der Waals surface area (Å²) in [6.07, 6.45) is 3.47. The molecule has 0 atom stereocenters. The molecular weight excluding hydrogens is 266 g/mol. The van der Waals surface area contributed by atoms with E-state index in [4.69, 9.17) is 4.74 Å². The Labute approximate surface area is 112 Å². The van der Waals surface area contributed by atoms with Crippen molar-refractivity contribution in [1.29, 1.82) is 0 Å². The first-order valence-electron chi connectivity index (χ1n) is 5.25. The molecule has 0 aliphatic heterocycles. The maximum atomic E-state index is 5.76. The summed E-state index contributed by atoms with van der Waals surface area (Å²) >= 11 is 3.14. The Balaban J connectivity index is 2.03. The minimum atomic E-state index is 0.559. The van der Waals surface area contributed by atoms with E-state index in [0.29, 0.717) is 11.5 Å². The van der Waals surface area contributed by atoms with E-state index in [9.17, 15) is 0 Å². The van der Waals surface area contributed by atoms with Gasteiger partial charge < -0.3 is 4.74 Å². The third kappa shape index (κ3) is 2.16. The van der Waals surface area contributed by atoms with Gasteiger partial charge in [0, 0.05) is 0 Å². The zero-order valence-electron chi connectivity index (χ0n) is 9.53. The van der Waals surface area contributed by atoms with Gasteiger partial charge in [-0.15, -0.1) is 11.3 Å². The van der Waals surface area contributed by atoms with E-state index in [-0.39, 0.29) is 0 Å². The first kappa shape index (κ1) is 11.4. The van der Waals surface area contributed by atoms with Crippen molar-refractivity contribution >= 4 is 33.4 Å². The number of thiazole rings is 1. The lowest BCUT2D eigenvalue weighted by Crippen LogP contribution is -1.89. The highest BCUT2D eigenvalue weighted by atomic mass is 32.2. The van der Waals surface area contributed by atoms with Gasteiger partial charge in [-0.3, -0.25) is 0 Å². The summed E-state index contributed by atoms with van der Waals surface area (Å²) in [4.78, 5) is 12.7. The predicted octanol–water partition coefficient (Wildman–Crippen LogP) is 3.60. The summed E-state index contributed by atoms with van der Waals surface area (Å²) in [5.41, 5.74) is 0.685. The number of rotatable bonds is 3. The third-order valence-corrected chi connectivity index (χ3v) is 4.29. The molecule has 0 unspecified atom stereocenters. The van der Waals surface area contributed by atoms with Crippen LogP contribution in [-0.2, 0) is 0 Å². The second-order valence-electron chi connectivity index (χ2n) is 3.43. The molecule has 4 nitrogen and oxygen atoms in total. The van der Waals surface area contributed by atoms with Gasteiger partial charge in [-0.05, 0) is 18.4 Å². The molecule has 0 fully saturated rings. The predicted molar refractivity (Wildman–Crippen MR) is 73.5 cm³/mol. The van der Waals surface area contributed by atoms with Crippen LogP contribution in [-0.4, -0.2) is 21.2 Å². The summed E-state index contributed by atoms with van der Waals surface area (Å²) in [6.45, 7) is 0. The molecule has 0 spiro atoms. The molecule has 0 amide bonds. The summed E-state index contributed by atoms with van der Waals surface area (Å²) in [5, 5.41) is 0. The largest absolute Gasteiger partial charge is 0.437 e. The molecule has 1 aromatic carbocycles. The second kappa shape index (κ2) is 4.91. The average Bonchev–Trinajstić information content (AvgIpc) is 2.84. The van der Waals surface area contributed by atoms with Gasteiger partial charge in [-0.25, -0.2) is 15.0 Å². The van der Waals surface area contributed by atoms with Crippen LogP contribution >= 0.6 is 23.1 Å². The van der Waals surface area contributed by atoms with Gasteiger partial charge >= 0.3 is 0 Å². The van der Waals surface area contributed by atoms with Gasteiger partial charge in [-0.2, -0.15) is 0 Å². The Morgan fingerprint density at radius 3 is 2.78 bits per heavy atom. The minimum Gasteiger partial charge on any atom is -0.437 e. The number of aromatic nitrogens is 3. The van der Waals surface area contributed by atoms with Crippen molar-refractivity contribution in [3.8, 4) is 11.6 Å². The van der Waals surface area contributed by atoms with E-state index in [1.54, 1.807) is 23.1 Å². The first-order chi connectivity index (χ1) is 8.86. The molecule has 3 aromatic rings. The van der Waals surface area contributed by atoms with Crippen LogP contribution in [0.1, 0.15) is 0 Å². The van der Waals surface area contributed by atoms with Crippen LogP contribution < -0.4 is 4.74 Å². The van der Waals surface area contributed by atoms with E-state index in [1.165, 1.54) is 6.33 Å². The lowest BCUT2D eigenvalue weighted by molar-refractivity contribution is 0.469. The van der Waals surface area contributed by atoms with Crippen molar-refractivity contribution in [2.45, 2.75) is 4.34 Å². The Hall–Kier alpha value is -1.66. The molecule has 2 aromatic heterocycles. The average molecular weight is 275 g/mol. The molecule has 0 saturated heterocycles. The summed E-state index contributed by atoms with van der Waals surface area (Å²) in [5.74, 6) is 1.32. The van der Waals surface area contributed by atoms with Crippen LogP contribution in [0.15, 0.2) is 41.0 Å². The number of fused-ring (bicyclic) bond motifs is 1. The highest BCUT2D eigenvalue weighted by Crippen LogP contribution is 2.33. The Bertz CT molecular complexity index is 669. The number of thioether (sulfide) groups is 1. The number of hydrogen-bond donors (Lipinski definition) is 0. The number of ether oxygens (including phenoxy) is 1. The molecular formula is C12H9N3OS2. The smallest absolute Gasteiger partial charge is 0.242 e. The van der Waals surface area contributed by atoms with Crippen LogP contribution in [0.5, 0.6) is 11.6 Å². The van der Waals surface area contributed by atoms with Crippen molar-refractivity contribution in [3.63, 3.8) is 0 Å². The fraction of sp³-hybridized carbons (Fsp3) is 0.0833. The highest BCUT2D eigenvalue weighted by Gasteiger charge is 2.11. The Morgan fingerprint density at radius 1 is 1.17 bits per heavy atom. The quantitative estimate of drug-likeness (QED) is 0.683. The van der Waals surface area contributed by atoms with E-state index in [0.717, 1.165) is 14.8 Å². The number of para-hydroxylation sites is 1. The third-order valence-electron chi connectivity index (χ3n) is 2.27. The van der Waals surface area contributed by atoms with Crippen LogP contribution in [0.4, 0.5) is 0 Å². The molecule has 90 valence electrons. The number of nitrogens with zero attached hydrogens (tertiary/aromatic N) is 3. The van der Waals surface area contributed by atoms with Crippen LogP contribution in [0.2, 0.25) is 0 Å². The van der Waals surface area contributed by atoms with Gasteiger partial charge in [0.25, 0.3) is 0 Å². The number of benzene rings is 1. The lowest BCUT2D eigenvalue weighted by atomic mass is 10.3. The monoisotopic (exact) mass is 275 g/mol. The van der Waals surface area contributed by atoms with Gasteiger partial charge in [0.05, 0.1) is 0 Å². The fourth-order valence-electron chi connectivity index (χ4n) is 1.47. The zero-order valence-corrected chi connectivity index (χ0v) is 11.2. The van der Waals surface area contributed by atoms with E-state index >= 15 is 0 Å². The molecule has 0 aliphatic rings. The SMILES string of the molecule is CSc1nc2ncnc(Oc3ccccc3)c2s1. The normalized spacial score (nSPS) is 10.7. The van der Waals surface area contributed by atoms with Gasteiger partial charge in [0.2, 0.25) is 5.88 Å². The fourth-order valence-corrected chi connectivity index (χ4v) is 2.91. The summed E-state index contributed by atoms with van der Waals surface area (Å²) in [7, 11) is 0. The van der Waals surface area contributed by atoms with Gasteiger partial charge in [0.1, 0.15) is 16.8 Å². The molecule has 18 heavy (non-hydrogen) atoms. The van der Waals surface area contributed by atoms with E-state index in [2.05, 4.69) is 15.0 Å². The van der Waals surface area contributed by atoms with Gasteiger partial charge in [0.15, 0.2) is 9.99 Å². The van der Waals surface area contributed by atoms with Crippen LogP contribution in [0.25, 0.3) is 10.3 Å². The molecule has 0 bridgehead atoms. The zero-order chi connectivity index (χ0) is 12.4. The molecule has 6 heteroatoms. The number of hydrogen-bond acceptors (Lipinski definition) is 6. The molecule has 0 N–H and O–H groups in total. The summed E-state index contributed by atoms with van der Waals surface area (Å²) < 4.78 is 7.60. The maximum Gasteiger partial charge on any atom is 0.242 e. The van der Waals surface area contributed by atoms with Crippen molar-refractivity contribution in [2.75, 3.05) is 6.26 Å². The topological polar surface area (TPSA) is 47.9 Å². The Morgan fingerprint density at radius 2 is 2.00 bits per heavy atom. The molecule has 0 aliphatic carbocycles. The molecule has 0 radical (unpaired) electrons. The minimum absolute atomic E-state index is 0.559.